The van der Waals surface area contributed by atoms with Gasteiger partial charge in [0.1, 0.15) is 11.1 Å². The molecule has 1 unspecified atom stereocenters. The third-order valence-electron chi connectivity index (χ3n) is 5.93. The van der Waals surface area contributed by atoms with Gasteiger partial charge in [-0.2, -0.15) is 13.2 Å². The highest BCUT2D eigenvalue weighted by Crippen LogP contribution is 2.37. The van der Waals surface area contributed by atoms with Crippen LogP contribution in [-0.4, -0.2) is 28.5 Å². The van der Waals surface area contributed by atoms with Crippen molar-refractivity contribution in [2.45, 2.75) is 24.3 Å². The van der Waals surface area contributed by atoms with E-state index in [0.29, 0.717) is 5.56 Å². The lowest BCUT2D eigenvalue weighted by molar-refractivity contribution is -0.138. The van der Waals surface area contributed by atoms with Crippen molar-refractivity contribution in [2.24, 2.45) is 0 Å². The SMILES string of the molecule is C=CC(c1cncc(-c2ccc(C(F)(F)F)cc2Cl)c1)S(=O)(=O)n1cc(CCC(=O)O)c2cc(F)ccc21. The lowest BCUT2D eigenvalue weighted by Gasteiger charge is -2.17. The fourth-order valence-electron chi connectivity index (χ4n) is 4.13. The van der Waals surface area contributed by atoms with Gasteiger partial charge in [0.2, 0.25) is 10.0 Å². The Kier molecular flexibility index (Phi) is 7.35. The molecule has 0 aliphatic carbocycles. The molecule has 0 aliphatic heterocycles. The molecule has 2 aromatic carbocycles. The zero-order valence-corrected chi connectivity index (χ0v) is 21.0. The summed E-state index contributed by atoms with van der Waals surface area (Å²) in [5.74, 6) is -1.71. The zero-order valence-electron chi connectivity index (χ0n) is 19.4. The molecule has 0 saturated carbocycles. The normalized spacial score (nSPS) is 13.0. The minimum atomic E-state index is -4.59. The van der Waals surface area contributed by atoms with E-state index in [2.05, 4.69) is 11.6 Å². The Hall–Kier alpha value is -3.70. The number of hydrogen-bond acceptors (Lipinski definition) is 4. The van der Waals surface area contributed by atoms with Crippen molar-refractivity contribution in [3.63, 3.8) is 0 Å². The Morgan fingerprint density at radius 2 is 1.89 bits per heavy atom. The second kappa shape index (κ2) is 10.2. The van der Waals surface area contributed by atoms with Crippen LogP contribution >= 0.6 is 11.6 Å². The molecule has 198 valence electrons. The van der Waals surface area contributed by atoms with E-state index in [4.69, 9.17) is 16.7 Å². The van der Waals surface area contributed by atoms with Gasteiger partial charge in [-0.05, 0) is 53.9 Å². The molecule has 0 amide bonds. The third-order valence-corrected chi connectivity index (χ3v) is 8.20. The number of rotatable bonds is 8. The Bertz CT molecular complexity index is 1670. The number of nitrogens with zero attached hydrogens (tertiary/aromatic N) is 2. The fraction of sp³-hybridized carbons (Fsp3) is 0.154. The minimum Gasteiger partial charge on any atom is -0.481 e. The summed E-state index contributed by atoms with van der Waals surface area (Å²) in [5.41, 5.74) is 0.197. The lowest BCUT2D eigenvalue weighted by atomic mass is 10.0. The predicted octanol–water partition coefficient (Wildman–Crippen LogP) is 6.64. The highest BCUT2D eigenvalue weighted by Gasteiger charge is 2.32. The standard InChI is InChI=1S/C26H19ClF4N2O4S/c1-2-24(17-9-16(12-32-13-17)20-6-4-18(10-22(20)27)26(29,30)31)38(36,37)33-14-15(3-8-25(34)35)21-11-19(28)5-7-23(21)33/h2,4-7,9-14,24H,1,3,8H2,(H,34,35). The molecule has 38 heavy (non-hydrogen) atoms. The smallest absolute Gasteiger partial charge is 0.416 e. The van der Waals surface area contributed by atoms with Gasteiger partial charge in [-0.1, -0.05) is 23.7 Å². The average molecular weight is 567 g/mol. The van der Waals surface area contributed by atoms with Gasteiger partial charge in [0.05, 0.1) is 11.1 Å². The van der Waals surface area contributed by atoms with Gasteiger partial charge in [0.25, 0.3) is 0 Å². The number of carbonyl (C=O) groups is 1. The molecule has 0 radical (unpaired) electrons. The maximum absolute atomic E-state index is 14.0. The number of alkyl halides is 3. The van der Waals surface area contributed by atoms with Crippen LogP contribution in [0.3, 0.4) is 0 Å². The van der Waals surface area contributed by atoms with Crippen LogP contribution in [0.1, 0.15) is 28.4 Å². The van der Waals surface area contributed by atoms with Crippen molar-refractivity contribution in [2.75, 3.05) is 0 Å². The second-order valence-electron chi connectivity index (χ2n) is 8.41. The van der Waals surface area contributed by atoms with Crippen LogP contribution in [0.5, 0.6) is 0 Å². The van der Waals surface area contributed by atoms with E-state index in [-0.39, 0.29) is 45.5 Å². The van der Waals surface area contributed by atoms with Gasteiger partial charge >= 0.3 is 12.1 Å². The first-order valence-corrected chi connectivity index (χ1v) is 12.9. The number of aromatic nitrogens is 2. The summed E-state index contributed by atoms with van der Waals surface area (Å²) in [7, 11) is -4.29. The van der Waals surface area contributed by atoms with Crippen molar-refractivity contribution >= 4 is 38.5 Å². The van der Waals surface area contributed by atoms with Crippen LogP contribution in [0, 0.1) is 5.82 Å². The summed E-state index contributed by atoms with van der Waals surface area (Å²) in [6, 6.07) is 7.75. The molecule has 4 aromatic rings. The summed E-state index contributed by atoms with van der Waals surface area (Å²) in [6.07, 6.45) is 0.126. The van der Waals surface area contributed by atoms with E-state index in [1.54, 1.807) is 0 Å². The first-order valence-electron chi connectivity index (χ1n) is 11.0. The highest BCUT2D eigenvalue weighted by molar-refractivity contribution is 7.90. The number of halogens is 5. The number of carboxylic acid groups (broad SMARTS) is 1. The van der Waals surface area contributed by atoms with E-state index in [0.717, 1.165) is 34.3 Å². The minimum absolute atomic E-state index is 0.0278. The Balaban J connectivity index is 1.79. The molecule has 0 aliphatic rings. The number of carboxylic acids is 1. The molecule has 1 atom stereocenters. The number of benzene rings is 2. The van der Waals surface area contributed by atoms with E-state index < -0.39 is 38.8 Å². The van der Waals surface area contributed by atoms with Gasteiger partial charge in [-0.25, -0.2) is 16.8 Å². The van der Waals surface area contributed by atoms with Crippen LogP contribution in [0.2, 0.25) is 5.02 Å². The van der Waals surface area contributed by atoms with Crippen LogP contribution < -0.4 is 0 Å². The molecule has 2 heterocycles. The van der Waals surface area contributed by atoms with Crippen molar-refractivity contribution in [3.05, 3.63) is 101 Å². The molecule has 12 heteroatoms. The van der Waals surface area contributed by atoms with E-state index in [9.17, 15) is 30.8 Å². The number of hydrogen-bond donors (Lipinski definition) is 1. The first-order chi connectivity index (χ1) is 17.8. The maximum atomic E-state index is 14.0. The van der Waals surface area contributed by atoms with Gasteiger partial charge in [0.15, 0.2) is 0 Å². The molecule has 0 spiro atoms. The monoisotopic (exact) mass is 566 g/mol. The zero-order chi connectivity index (χ0) is 27.8. The van der Waals surface area contributed by atoms with Gasteiger partial charge < -0.3 is 5.11 Å². The largest absolute Gasteiger partial charge is 0.481 e. The molecule has 6 nitrogen and oxygen atoms in total. The molecule has 0 bridgehead atoms. The number of aliphatic carboxylic acids is 1. The highest BCUT2D eigenvalue weighted by atomic mass is 35.5. The predicted molar refractivity (Wildman–Crippen MR) is 135 cm³/mol. The molecular weight excluding hydrogens is 548 g/mol. The van der Waals surface area contributed by atoms with E-state index >= 15 is 0 Å². The van der Waals surface area contributed by atoms with Gasteiger partial charge in [0, 0.05) is 46.5 Å². The van der Waals surface area contributed by atoms with Crippen LogP contribution in [0.15, 0.2) is 73.7 Å². The first kappa shape index (κ1) is 27.3. The Labute approximate surface area is 219 Å². The molecule has 4 rings (SSSR count). The third kappa shape index (κ3) is 5.30. The van der Waals surface area contributed by atoms with E-state index in [1.165, 1.54) is 36.8 Å². The molecule has 0 fully saturated rings. The summed E-state index contributed by atoms with van der Waals surface area (Å²) in [5, 5.41) is 7.74. The van der Waals surface area contributed by atoms with Crippen LogP contribution in [0.25, 0.3) is 22.0 Å². The quantitative estimate of drug-likeness (QED) is 0.191. The topological polar surface area (TPSA) is 89.3 Å². The van der Waals surface area contributed by atoms with Crippen molar-refractivity contribution in [1.29, 1.82) is 0 Å². The van der Waals surface area contributed by atoms with Crippen LogP contribution in [-0.2, 0) is 27.4 Å². The van der Waals surface area contributed by atoms with Crippen molar-refractivity contribution in [1.82, 2.24) is 8.96 Å². The van der Waals surface area contributed by atoms with Crippen molar-refractivity contribution in [3.8, 4) is 11.1 Å². The summed E-state index contributed by atoms with van der Waals surface area (Å²) < 4.78 is 81.6. The number of aryl methyl sites for hydroxylation is 1. The number of fused-ring (bicyclic) bond motifs is 1. The Morgan fingerprint density at radius 3 is 2.53 bits per heavy atom. The molecular formula is C26H19ClF4N2O4S. The summed E-state index contributed by atoms with van der Waals surface area (Å²) in [4.78, 5) is 15.1. The van der Waals surface area contributed by atoms with E-state index in [1.807, 2.05) is 0 Å². The molecule has 0 saturated heterocycles. The van der Waals surface area contributed by atoms with Crippen LogP contribution in [0.4, 0.5) is 17.6 Å². The maximum Gasteiger partial charge on any atom is 0.416 e. The van der Waals surface area contributed by atoms with Crippen molar-refractivity contribution < 1.29 is 35.9 Å². The van der Waals surface area contributed by atoms with Gasteiger partial charge in [-0.15, -0.1) is 6.58 Å². The second-order valence-corrected chi connectivity index (χ2v) is 10.7. The summed E-state index contributed by atoms with van der Waals surface area (Å²) in [6.45, 7) is 3.64. The van der Waals surface area contributed by atoms with Gasteiger partial charge in [-0.3, -0.25) is 9.78 Å². The number of pyridine rings is 1. The Morgan fingerprint density at radius 1 is 1.16 bits per heavy atom. The fourth-order valence-corrected chi connectivity index (χ4v) is 6.09. The molecule has 2 aromatic heterocycles. The lowest BCUT2D eigenvalue weighted by Crippen LogP contribution is -2.19. The summed E-state index contributed by atoms with van der Waals surface area (Å²) >= 11 is 6.11. The molecule has 1 N–H and O–H groups in total. The average Bonchev–Trinajstić information content (AvgIpc) is 3.21.